The van der Waals surface area contributed by atoms with Crippen LogP contribution in [0.15, 0.2) is 36.5 Å². The van der Waals surface area contributed by atoms with Gasteiger partial charge < -0.3 is 27.9 Å². The third-order valence-electron chi connectivity index (χ3n) is 8.89. The van der Waals surface area contributed by atoms with Crippen LogP contribution in [0.2, 0.25) is 0 Å². The largest absolute Gasteiger partial charge is 0.756 e. The highest BCUT2D eigenvalue weighted by molar-refractivity contribution is 7.45. The molecule has 0 amide bonds. The molecule has 0 heterocycles. The van der Waals surface area contributed by atoms with E-state index in [0.29, 0.717) is 24.1 Å². The Bertz CT molecular complexity index is 931. The number of carbonyl (C=O) groups is 1. The molecule has 0 rings (SSSR count). The normalized spacial score (nSPS) is 14.2. The van der Waals surface area contributed by atoms with Gasteiger partial charge in [-0.25, -0.2) is 0 Å². The first kappa shape index (κ1) is 50.7. The second kappa shape index (κ2) is 36.7. The number of phosphoric ester groups is 1. The molecule has 0 saturated heterocycles. The average Bonchev–Trinajstić information content (AvgIpc) is 3.09. The number of likely N-dealkylation sites (N-methyl/N-ethyl adjacent to an activating group) is 1. The third kappa shape index (κ3) is 39.9. The van der Waals surface area contributed by atoms with Crippen molar-refractivity contribution < 1.29 is 37.3 Å². The summed E-state index contributed by atoms with van der Waals surface area (Å²) in [5.41, 5.74) is 0. The molecule has 0 aliphatic heterocycles. The molecule has 2 atom stereocenters. The fourth-order valence-corrected chi connectivity index (χ4v) is 6.31. The van der Waals surface area contributed by atoms with Gasteiger partial charge in [0.25, 0.3) is 7.82 Å². The molecule has 0 bridgehead atoms. The third-order valence-corrected chi connectivity index (χ3v) is 9.86. The molecule has 0 aliphatic carbocycles. The molecule has 52 heavy (non-hydrogen) atoms. The number of phosphoric acid groups is 1. The van der Waals surface area contributed by atoms with E-state index in [1.54, 1.807) is 0 Å². The Morgan fingerprint density at radius 3 is 1.65 bits per heavy atom. The summed E-state index contributed by atoms with van der Waals surface area (Å²) in [4.78, 5) is 25.0. The summed E-state index contributed by atoms with van der Waals surface area (Å²) in [7, 11) is 1.34. The van der Waals surface area contributed by atoms with E-state index in [4.69, 9.17) is 18.5 Å². The minimum absolute atomic E-state index is 0.0217. The molecular formula is C43H82NO7P. The highest BCUT2D eigenvalue weighted by Gasteiger charge is 2.20. The topological polar surface area (TPSA) is 94.1 Å². The van der Waals surface area contributed by atoms with Crippen molar-refractivity contribution in [2.24, 2.45) is 0 Å². The van der Waals surface area contributed by atoms with Gasteiger partial charge in [-0.1, -0.05) is 140 Å². The molecule has 0 saturated carbocycles. The van der Waals surface area contributed by atoms with Gasteiger partial charge in [-0.2, -0.15) is 0 Å². The number of hydrogen-bond donors (Lipinski definition) is 0. The van der Waals surface area contributed by atoms with E-state index >= 15 is 0 Å². The summed E-state index contributed by atoms with van der Waals surface area (Å²) < 4.78 is 34.5. The number of esters is 1. The number of nitrogens with zero attached hydrogens (tertiary/aromatic N) is 1. The van der Waals surface area contributed by atoms with Crippen LogP contribution in [0.4, 0.5) is 0 Å². The number of rotatable bonds is 39. The fraction of sp³-hybridized carbons (Fsp3) is 0.837. The Morgan fingerprint density at radius 2 is 1.10 bits per heavy atom. The van der Waals surface area contributed by atoms with E-state index in [-0.39, 0.29) is 25.8 Å². The van der Waals surface area contributed by atoms with Crippen molar-refractivity contribution in [3.63, 3.8) is 0 Å². The number of ether oxygens (including phenoxy) is 2. The van der Waals surface area contributed by atoms with Crippen molar-refractivity contribution in [3.05, 3.63) is 36.5 Å². The Balaban J connectivity index is 4.26. The molecule has 0 spiro atoms. The molecule has 8 nitrogen and oxygen atoms in total. The Morgan fingerprint density at radius 1 is 0.596 bits per heavy atom. The lowest BCUT2D eigenvalue weighted by Gasteiger charge is -2.28. The molecule has 0 radical (unpaired) electrons. The highest BCUT2D eigenvalue weighted by atomic mass is 31.2. The van der Waals surface area contributed by atoms with Crippen LogP contribution in [0.5, 0.6) is 0 Å². The van der Waals surface area contributed by atoms with Crippen molar-refractivity contribution in [3.8, 4) is 0 Å². The van der Waals surface area contributed by atoms with E-state index in [9.17, 15) is 14.3 Å². The van der Waals surface area contributed by atoms with Crippen molar-refractivity contribution in [2.45, 2.75) is 180 Å². The zero-order valence-corrected chi connectivity index (χ0v) is 35.4. The lowest BCUT2D eigenvalue weighted by Crippen LogP contribution is -2.37. The van der Waals surface area contributed by atoms with E-state index in [2.05, 4.69) is 50.3 Å². The van der Waals surface area contributed by atoms with Crippen LogP contribution in [0.1, 0.15) is 174 Å². The maximum atomic E-state index is 12.6. The van der Waals surface area contributed by atoms with Crippen molar-refractivity contribution in [1.29, 1.82) is 0 Å². The van der Waals surface area contributed by atoms with Gasteiger partial charge in [0.2, 0.25) is 0 Å². The summed E-state index contributed by atoms with van der Waals surface area (Å²) in [6.45, 7) is 5.31. The van der Waals surface area contributed by atoms with Crippen LogP contribution in [0.25, 0.3) is 0 Å². The van der Waals surface area contributed by atoms with Crippen molar-refractivity contribution >= 4 is 13.8 Å². The predicted octanol–water partition coefficient (Wildman–Crippen LogP) is 11.6. The smallest absolute Gasteiger partial charge is 0.306 e. The monoisotopic (exact) mass is 756 g/mol. The van der Waals surface area contributed by atoms with Crippen LogP contribution in [-0.2, 0) is 27.9 Å². The molecule has 0 N–H and O–H groups in total. The van der Waals surface area contributed by atoms with Gasteiger partial charge in [0.1, 0.15) is 19.3 Å². The molecule has 0 aliphatic rings. The highest BCUT2D eigenvalue weighted by Crippen LogP contribution is 2.38. The van der Waals surface area contributed by atoms with Gasteiger partial charge in [0.05, 0.1) is 34.4 Å². The Kier molecular flexibility index (Phi) is 35.8. The Labute approximate surface area is 321 Å². The lowest BCUT2D eigenvalue weighted by atomic mass is 10.1. The van der Waals surface area contributed by atoms with E-state index in [0.717, 1.165) is 64.2 Å². The Hall–Kier alpha value is -1.28. The number of quaternary nitrogens is 1. The van der Waals surface area contributed by atoms with Crippen LogP contribution < -0.4 is 4.89 Å². The molecule has 0 aromatic heterocycles. The van der Waals surface area contributed by atoms with E-state index < -0.39 is 13.9 Å². The summed E-state index contributed by atoms with van der Waals surface area (Å²) >= 11 is 0. The van der Waals surface area contributed by atoms with E-state index in [1.165, 1.54) is 89.9 Å². The zero-order chi connectivity index (χ0) is 38.4. The van der Waals surface area contributed by atoms with Gasteiger partial charge in [-0.05, 0) is 64.2 Å². The van der Waals surface area contributed by atoms with Crippen molar-refractivity contribution in [1.82, 2.24) is 0 Å². The van der Waals surface area contributed by atoms with Gasteiger partial charge in [0.15, 0.2) is 0 Å². The quantitative estimate of drug-likeness (QED) is 0.0203. The maximum Gasteiger partial charge on any atom is 0.306 e. The van der Waals surface area contributed by atoms with Crippen LogP contribution in [0.3, 0.4) is 0 Å². The number of carbonyl (C=O) groups excluding carboxylic acids is 1. The first-order valence-corrected chi connectivity index (χ1v) is 22.7. The summed E-state index contributed by atoms with van der Waals surface area (Å²) in [6.07, 6.45) is 41.5. The molecule has 2 unspecified atom stereocenters. The summed E-state index contributed by atoms with van der Waals surface area (Å²) in [5, 5.41) is 0. The number of unbranched alkanes of at least 4 members (excludes halogenated alkanes) is 19. The standard InChI is InChI=1S/C43H82NO7P/c1-6-8-10-12-14-16-18-20-21-22-23-25-27-29-31-33-35-38-48-40-42(41-50-52(46,47)49-39-37-44(3,4)5)51-43(45)36-34-32-30-28-26-24-19-17-15-13-11-9-7-2/h11,13,17,19,21-22,42H,6-10,12,14-16,18,20,23-41H2,1-5H3/b13-11-,19-17-,22-21-. The molecule has 0 fully saturated rings. The average molecular weight is 756 g/mol. The molecule has 9 heteroatoms. The molecular weight excluding hydrogens is 673 g/mol. The molecule has 306 valence electrons. The van der Waals surface area contributed by atoms with Gasteiger partial charge in [-0.15, -0.1) is 0 Å². The maximum absolute atomic E-state index is 12.6. The second-order valence-corrected chi connectivity index (χ2v) is 16.8. The lowest BCUT2D eigenvalue weighted by molar-refractivity contribution is -0.870. The number of hydrogen-bond acceptors (Lipinski definition) is 7. The minimum atomic E-state index is -4.53. The number of allylic oxidation sites excluding steroid dienone is 6. The van der Waals surface area contributed by atoms with E-state index in [1.807, 2.05) is 21.1 Å². The van der Waals surface area contributed by atoms with Crippen LogP contribution >= 0.6 is 7.82 Å². The summed E-state index contributed by atoms with van der Waals surface area (Å²) in [5.74, 6) is -0.351. The van der Waals surface area contributed by atoms with Crippen LogP contribution in [-0.4, -0.2) is 70.7 Å². The minimum Gasteiger partial charge on any atom is -0.756 e. The first-order valence-electron chi connectivity index (χ1n) is 21.2. The SMILES string of the molecule is CCC/C=C\C/C=C\CCCCCCCC(=O)OC(COCCCCCCCC/C=C\CCCCCCCCC)COP(=O)([O-])OCC[N+](C)(C)C. The molecule has 0 aromatic rings. The zero-order valence-electron chi connectivity index (χ0n) is 34.5. The van der Waals surface area contributed by atoms with Gasteiger partial charge in [0, 0.05) is 13.0 Å². The van der Waals surface area contributed by atoms with Gasteiger partial charge >= 0.3 is 5.97 Å². The summed E-state index contributed by atoms with van der Waals surface area (Å²) in [6, 6.07) is 0. The van der Waals surface area contributed by atoms with Crippen molar-refractivity contribution in [2.75, 3.05) is 54.1 Å². The second-order valence-electron chi connectivity index (χ2n) is 15.3. The van der Waals surface area contributed by atoms with Gasteiger partial charge in [-0.3, -0.25) is 9.36 Å². The predicted molar refractivity (Wildman–Crippen MR) is 217 cm³/mol. The first-order chi connectivity index (χ1) is 25.1. The fourth-order valence-electron chi connectivity index (χ4n) is 5.58. The van der Waals surface area contributed by atoms with Crippen LogP contribution in [0, 0.1) is 0 Å². The molecule has 0 aromatic carbocycles.